The molecule has 0 spiro atoms. The third kappa shape index (κ3) is 2.84. The molecule has 0 aliphatic carbocycles. The van der Waals surface area contributed by atoms with Crippen molar-refractivity contribution in [3.05, 3.63) is 102 Å². The summed E-state index contributed by atoms with van der Waals surface area (Å²) in [5, 5.41) is 0.646. The molecule has 0 unspecified atom stereocenters. The molecule has 0 bridgehead atoms. The van der Waals surface area contributed by atoms with Crippen molar-refractivity contribution in [2.45, 2.75) is 18.2 Å². The van der Waals surface area contributed by atoms with Crippen LogP contribution in [-0.2, 0) is 16.4 Å². The van der Waals surface area contributed by atoms with Gasteiger partial charge in [-0.05, 0) is 24.6 Å². The van der Waals surface area contributed by atoms with Crippen LogP contribution in [0.3, 0.4) is 0 Å². The summed E-state index contributed by atoms with van der Waals surface area (Å²) in [5.74, 6) is -0.171. The number of aromatic nitrogens is 1. The quantitative estimate of drug-likeness (QED) is 0.466. The highest BCUT2D eigenvalue weighted by Gasteiger charge is 2.29. The van der Waals surface area contributed by atoms with E-state index in [0.717, 1.165) is 0 Å². The van der Waals surface area contributed by atoms with Crippen molar-refractivity contribution in [3.8, 4) is 0 Å². The van der Waals surface area contributed by atoms with Crippen LogP contribution in [0.4, 0.5) is 0 Å². The molecule has 0 N–H and O–H groups in total. The maximum atomic E-state index is 13.5. The number of carbonyl (C=O) groups is 1. The van der Waals surface area contributed by atoms with Crippen molar-refractivity contribution in [2.24, 2.45) is 0 Å². The number of fused-ring (bicyclic) bond motifs is 1. The molecule has 140 valence electrons. The molecule has 3 aromatic carbocycles. The Balaban J connectivity index is 2.06. The lowest BCUT2D eigenvalue weighted by molar-refractivity contribution is 0.103. The minimum atomic E-state index is -3.84. The van der Waals surface area contributed by atoms with Crippen molar-refractivity contribution in [2.75, 3.05) is 0 Å². The van der Waals surface area contributed by atoms with Crippen molar-refractivity contribution in [1.29, 1.82) is 0 Å². The molecule has 5 heteroatoms. The highest BCUT2D eigenvalue weighted by atomic mass is 32.2. The molecule has 0 amide bonds. The molecule has 1 aromatic heterocycles. The van der Waals surface area contributed by atoms with Gasteiger partial charge < -0.3 is 0 Å². The maximum Gasteiger partial charge on any atom is 0.268 e. The van der Waals surface area contributed by atoms with E-state index in [-0.39, 0.29) is 10.7 Å². The lowest BCUT2D eigenvalue weighted by Crippen LogP contribution is -2.17. The van der Waals surface area contributed by atoms with Gasteiger partial charge in [0, 0.05) is 16.6 Å². The third-order valence-electron chi connectivity index (χ3n) is 4.81. The Labute approximate surface area is 164 Å². The summed E-state index contributed by atoms with van der Waals surface area (Å²) in [6.45, 7) is 1.87. The van der Waals surface area contributed by atoms with Gasteiger partial charge in [-0.1, -0.05) is 73.7 Å². The number of rotatable bonds is 5. The standard InChI is InChI=1S/C23H19NO3S/c1-2-20-22(23(25)17-11-5-3-6-12-17)19-15-9-10-16-21(19)24(20)28(26,27)18-13-7-4-8-14-18/h3-16H,2H2,1H3. The van der Waals surface area contributed by atoms with Gasteiger partial charge >= 0.3 is 0 Å². The summed E-state index contributed by atoms with van der Waals surface area (Å²) >= 11 is 0. The molecule has 4 nitrogen and oxygen atoms in total. The van der Waals surface area contributed by atoms with Crippen LogP contribution < -0.4 is 0 Å². The fourth-order valence-electron chi connectivity index (χ4n) is 3.54. The maximum absolute atomic E-state index is 13.5. The van der Waals surface area contributed by atoms with Gasteiger partial charge in [-0.3, -0.25) is 4.79 Å². The Bertz CT molecular complexity index is 1260. The van der Waals surface area contributed by atoms with Crippen LogP contribution >= 0.6 is 0 Å². The highest BCUT2D eigenvalue weighted by molar-refractivity contribution is 7.90. The molecule has 0 saturated carbocycles. The molecular formula is C23H19NO3S. The molecule has 0 atom stereocenters. The van der Waals surface area contributed by atoms with E-state index in [1.165, 1.54) is 3.97 Å². The van der Waals surface area contributed by atoms with Crippen molar-refractivity contribution < 1.29 is 13.2 Å². The second kappa shape index (κ2) is 7.09. The first kappa shape index (κ1) is 18.2. The Hall–Kier alpha value is -3.18. The van der Waals surface area contributed by atoms with Gasteiger partial charge in [0.05, 0.1) is 16.0 Å². The van der Waals surface area contributed by atoms with Gasteiger partial charge in [0.15, 0.2) is 5.78 Å². The number of carbonyl (C=O) groups excluding carboxylic acids is 1. The predicted molar refractivity (Wildman–Crippen MR) is 110 cm³/mol. The van der Waals surface area contributed by atoms with Crippen LogP contribution in [0.1, 0.15) is 28.5 Å². The van der Waals surface area contributed by atoms with E-state index in [2.05, 4.69) is 0 Å². The Morgan fingerprint density at radius 2 is 1.39 bits per heavy atom. The van der Waals surface area contributed by atoms with Gasteiger partial charge in [0.25, 0.3) is 10.0 Å². The molecular weight excluding hydrogens is 370 g/mol. The Morgan fingerprint density at radius 1 is 0.821 bits per heavy atom. The number of para-hydroxylation sites is 1. The highest BCUT2D eigenvalue weighted by Crippen LogP contribution is 2.32. The number of hydrogen-bond donors (Lipinski definition) is 0. The largest absolute Gasteiger partial charge is 0.289 e. The Kier molecular flexibility index (Phi) is 4.61. The zero-order valence-electron chi connectivity index (χ0n) is 15.4. The molecule has 0 saturated heterocycles. The zero-order chi connectivity index (χ0) is 19.7. The van der Waals surface area contributed by atoms with E-state index in [9.17, 15) is 13.2 Å². The average molecular weight is 389 g/mol. The second-order valence-electron chi connectivity index (χ2n) is 6.47. The number of hydrogen-bond acceptors (Lipinski definition) is 3. The van der Waals surface area contributed by atoms with Crippen LogP contribution in [-0.4, -0.2) is 18.2 Å². The monoisotopic (exact) mass is 389 g/mol. The summed E-state index contributed by atoms with van der Waals surface area (Å²) < 4.78 is 28.2. The van der Waals surface area contributed by atoms with Crippen LogP contribution in [0, 0.1) is 0 Å². The lowest BCUT2D eigenvalue weighted by atomic mass is 9.99. The number of ketones is 1. The average Bonchev–Trinajstić information content (AvgIpc) is 3.09. The molecule has 28 heavy (non-hydrogen) atoms. The molecule has 4 rings (SSSR count). The van der Waals surface area contributed by atoms with E-state index < -0.39 is 10.0 Å². The van der Waals surface area contributed by atoms with Crippen LogP contribution in [0.5, 0.6) is 0 Å². The fourth-order valence-corrected chi connectivity index (χ4v) is 5.19. The van der Waals surface area contributed by atoms with E-state index in [0.29, 0.717) is 34.1 Å². The summed E-state index contributed by atoms with van der Waals surface area (Å²) in [7, 11) is -3.84. The van der Waals surface area contributed by atoms with Gasteiger partial charge in [-0.15, -0.1) is 0 Å². The summed E-state index contributed by atoms with van der Waals surface area (Å²) in [4.78, 5) is 13.5. The molecule has 0 aliphatic rings. The molecule has 0 fully saturated rings. The normalized spacial score (nSPS) is 11.6. The van der Waals surface area contributed by atoms with Crippen LogP contribution in [0.2, 0.25) is 0 Å². The summed E-state index contributed by atoms with van der Waals surface area (Å²) in [6.07, 6.45) is 0.411. The first-order chi connectivity index (χ1) is 13.6. The summed E-state index contributed by atoms with van der Waals surface area (Å²) in [5.41, 5.74) is 2.00. The zero-order valence-corrected chi connectivity index (χ0v) is 16.2. The SMILES string of the molecule is CCc1c(C(=O)c2ccccc2)c2ccccc2n1S(=O)(=O)c1ccccc1. The minimum Gasteiger partial charge on any atom is -0.289 e. The van der Waals surface area contributed by atoms with Crippen LogP contribution in [0.25, 0.3) is 10.9 Å². The molecule has 0 radical (unpaired) electrons. The van der Waals surface area contributed by atoms with Crippen LogP contribution in [0.15, 0.2) is 89.8 Å². The van der Waals surface area contributed by atoms with Crippen molar-refractivity contribution in [3.63, 3.8) is 0 Å². The lowest BCUT2D eigenvalue weighted by Gasteiger charge is -2.12. The second-order valence-corrected chi connectivity index (χ2v) is 8.26. The Morgan fingerprint density at radius 3 is 2.04 bits per heavy atom. The van der Waals surface area contributed by atoms with Gasteiger partial charge in [-0.2, -0.15) is 0 Å². The van der Waals surface area contributed by atoms with Crippen molar-refractivity contribution >= 4 is 26.7 Å². The topological polar surface area (TPSA) is 56.1 Å². The van der Waals surface area contributed by atoms with E-state index >= 15 is 0 Å². The van der Waals surface area contributed by atoms with Gasteiger partial charge in [-0.25, -0.2) is 12.4 Å². The van der Waals surface area contributed by atoms with Crippen molar-refractivity contribution in [1.82, 2.24) is 3.97 Å². The molecule has 1 heterocycles. The van der Waals surface area contributed by atoms with Gasteiger partial charge in [0.2, 0.25) is 0 Å². The number of benzene rings is 3. The molecule has 4 aromatic rings. The number of nitrogens with zero attached hydrogens (tertiary/aromatic N) is 1. The minimum absolute atomic E-state index is 0.171. The first-order valence-electron chi connectivity index (χ1n) is 9.08. The van der Waals surface area contributed by atoms with E-state index in [1.54, 1.807) is 66.7 Å². The smallest absolute Gasteiger partial charge is 0.268 e. The first-order valence-corrected chi connectivity index (χ1v) is 10.5. The fraction of sp³-hybridized carbons (Fsp3) is 0.0870. The third-order valence-corrected chi connectivity index (χ3v) is 6.57. The summed E-state index contributed by atoms with van der Waals surface area (Å²) in [6, 6.07) is 24.4. The van der Waals surface area contributed by atoms with Gasteiger partial charge in [0.1, 0.15) is 0 Å². The van der Waals surface area contributed by atoms with E-state index in [4.69, 9.17) is 0 Å². The molecule has 0 aliphatic heterocycles. The van der Waals surface area contributed by atoms with E-state index in [1.807, 2.05) is 25.1 Å². The predicted octanol–water partition coefficient (Wildman–Crippen LogP) is 4.67.